The summed E-state index contributed by atoms with van der Waals surface area (Å²) >= 11 is 5.80. The largest absolute Gasteiger partial charge is 0.478 e. The minimum absolute atomic E-state index is 0.0608. The number of halogens is 1. The van der Waals surface area contributed by atoms with Crippen LogP contribution >= 0.6 is 11.6 Å². The Balaban J connectivity index is 2.98. The van der Waals surface area contributed by atoms with Crippen LogP contribution in [-0.4, -0.2) is 26.0 Å². The Kier molecular flexibility index (Phi) is 6.21. The van der Waals surface area contributed by atoms with Gasteiger partial charge in [0.2, 0.25) is 10.0 Å². The fourth-order valence-corrected chi connectivity index (χ4v) is 3.44. The zero-order valence-corrected chi connectivity index (χ0v) is 13.1. The highest BCUT2D eigenvalue weighted by Crippen LogP contribution is 2.24. The van der Waals surface area contributed by atoms with Crippen LogP contribution in [0.5, 0.6) is 0 Å². The normalized spacial score (nSPS) is 11.1. The summed E-state index contributed by atoms with van der Waals surface area (Å²) in [5, 5.41) is 9.12. The first-order valence-corrected chi connectivity index (χ1v) is 8.12. The quantitative estimate of drug-likeness (QED) is 0.594. The lowest BCUT2D eigenvalue weighted by Gasteiger charge is -2.11. The summed E-state index contributed by atoms with van der Waals surface area (Å²) in [4.78, 5) is 11.0. The Labute approximate surface area is 129 Å². The average Bonchev–Trinajstić information content (AvgIpc) is 2.40. The second kappa shape index (κ2) is 7.46. The van der Waals surface area contributed by atoms with E-state index in [9.17, 15) is 13.2 Å². The lowest BCUT2D eigenvalue weighted by molar-refractivity contribution is 0.0696. The molecule has 1 aromatic rings. The number of hydrogen-bond acceptors (Lipinski definition) is 3. The smallest absolute Gasteiger partial charge is 0.336 e. The van der Waals surface area contributed by atoms with Gasteiger partial charge in [0.05, 0.1) is 10.5 Å². The molecule has 5 nitrogen and oxygen atoms in total. The van der Waals surface area contributed by atoms with Gasteiger partial charge in [0.25, 0.3) is 0 Å². The highest BCUT2D eigenvalue weighted by Gasteiger charge is 2.21. The number of carboxylic acids is 1. The third-order valence-electron chi connectivity index (χ3n) is 2.88. The summed E-state index contributed by atoms with van der Waals surface area (Å²) in [7, 11) is -3.81. The van der Waals surface area contributed by atoms with Crippen LogP contribution < -0.4 is 4.72 Å². The van der Waals surface area contributed by atoms with Crippen LogP contribution in [0, 0.1) is 19.3 Å². The van der Waals surface area contributed by atoms with Crippen molar-refractivity contribution in [2.75, 3.05) is 6.54 Å². The van der Waals surface area contributed by atoms with E-state index < -0.39 is 16.0 Å². The first-order chi connectivity index (χ1) is 9.79. The third kappa shape index (κ3) is 4.74. The maximum absolute atomic E-state index is 12.2. The maximum atomic E-state index is 12.2. The molecule has 0 saturated heterocycles. The number of hydrogen-bond donors (Lipinski definition) is 2. The Morgan fingerprint density at radius 1 is 1.43 bits per heavy atom. The number of benzene rings is 1. The van der Waals surface area contributed by atoms with Gasteiger partial charge in [0.15, 0.2) is 0 Å². The molecule has 21 heavy (non-hydrogen) atoms. The van der Waals surface area contributed by atoms with E-state index >= 15 is 0 Å². The summed E-state index contributed by atoms with van der Waals surface area (Å²) in [6.07, 6.45) is 7.02. The van der Waals surface area contributed by atoms with Gasteiger partial charge in [-0.1, -0.05) is 11.6 Å². The van der Waals surface area contributed by atoms with Gasteiger partial charge in [0.1, 0.15) is 0 Å². The van der Waals surface area contributed by atoms with Crippen LogP contribution in [0.25, 0.3) is 0 Å². The SMILES string of the molecule is C#CCCCCNS(=O)(=O)c1cc(Cl)cc(C(=O)O)c1C. The van der Waals surface area contributed by atoms with E-state index in [1.807, 2.05) is 0 Å². The van der Waals surface area contributed by atoms with Gasteiger partial charge in [-0.25, -0.2) is 17.9 Å². The second-order valence-electron chi connectivity index (χ2n) is 4.44. The van der Waals surface area contributed by atoms with Gasteiger partial charge >= 0.3 is 5.97 Å². The molecule has 0 atom stereocenters. The Morgan fingerprint density at radius 2 is 2.10 bits per heavy atom. The number of rotatable bonds is 7. The summed E-state index contributed by atoms with van der Waals surface area (Å²) in [5.74, 6) is 1.25. The predicted octanol–water partition coefficient (Wildman–Crippen LogP) is 2.43. The Bertz CT molecular complexity index is 677. The summed E-state index contributed by atoms with van der Waals surface area (Å²) in [6.45, 7) is 1.67. The van der Waals surface area contributed by atoms with Crippen molar-refractivity contribution in [1.82, 2.24) is 4.72 Å². The summed E-state index contributed by atoms with van der Waals surface area (Å²) in [5.41, 5.74) is 0.0261. The maximum Gasteiger partial charge on any atom is 0.336 e. The van der Waals surface area contributed by atoms with Crippen LogP contribution in [0.1, 0.15) is 35.2 Å². The van der Waals surface area contributed by atoms with Crippen LogP contribution in [-0.2, 0) is 10.0 Å². The van der Waals surface area contributed by atoms with Gasteiger partial charge in [-0.15, -0.1) is 12.3 Å². The van der Waals surface area contributed by atoms with Crippen LogP contribution in [0.15, 0.2) is 17.0 Å². The molecule has 0 aliphatic rings. The van der Waals surface area contributed by atoms with E-state index in [0.717, 1.165) is 0 Å². The van der Waals surface area contributed by atoms with E-state index in [1.54, 1.807) is 0 Å². The van der Waals surface area contributed by atoms with E-state index in [2.05, 4.69) is 10.6 Å². The molecule has 2 N–H and O–H groups in total. The molecule has 0 fully saturated rings. The van der Waals surface area contributed by atoms with Gasteiger partial charge in [-0.3, -0.25) is 0 Å². The Hall–Kier alpha value is -1.55. The van der Waals surface area contributed by atoms with Crippen LogP contribution in [0.4, 0.5) is 0 Å². The lowest BCUT2D eigenvalue weighted by Crippen LogP contribution is -2.26. The number of nitrogens with one attached hydrogen (secondary N) is 1. The van der Waals surface area contributed by atoms with E-state index in [1.165, 1.54) is 19.1 Å². The fraction of sp³-hybridized carbons (Fsp3) is 0.357. The molecule has 114 valence electrons. The topological polar surface area (TPSA) is 83.5 Å². The zero-order valence-electron chi connectivity index (χ0n) is 11.5. The molecule has 0 saturated carbocycles. The van der Waals surface area contributed by atoms with Gasteiger partial charge < -0.3 is 5.11 Å². The number of unbranched alkanes of at least 4 members (excludes halogenated alkanes) is 2. The van der Waals surface area contributed by atoms with Crippen molar-refractivity contribution in [2.45, 2.75) is 31.1 Å². The molecular weight excluding hydrogens is 314 g/mol. The number of aromatic carboxylic acids is 1. The molecule has 1 aromatic carbocycles. The van der Waals surface area contributed by atoms with Crippen molar-refractivity contribution in [3.8, 4) is 12.3 Å². The molecule has 0 heterocycles. The molecule has 0 aromatic heterocycles. The standard InChI is InChI=1S/C14H16ClNO4S/c1-3-4-5-6-7-16-21(19,20)13-9-11(15)8-12(10(13)2)14(17)18/h1,8-9,16H,4-7H2,2H3,(H,17,18). The molecule has 7 heteroatoms. The minimum Gasteiger partial charge on any atom is -0.478 e. The monoisotopic (exact) mass is 329 g/mol. The molecule has 0 spiro atoms. The number of carboxylic acid groups (broad SMARTS) is 1. The summed E-state index contributed by atoms with van der Waals surface area (Å²) < 4.78 is 26.8. The minimum atomic E-state index is -3.81. The zero-order chi connectivity index (χ0) is 16.0. The number of carbonyl (C=O) groups is 1. The summed E-state index contributed by atoms with van der Waals surface area (Å²) in [6, 6.07) is 2.47. The highest BCUT2D eigenvalue weighted by molar-refractivity contribution is 7.89. The van der Waals surface area contributed by atoms with E-state index in [4.69, 9.17) is 23.1 Å². The van der Waals surface area contributed by atoms with Gasteiger partial charge in [-0.2, -0.15) is 0 Å². The molecule has 0 aliphatic heterocycles. The average molecular weight is 330 g/mol. The van der Waals surface area contributed by atoms with Gasteiger partial charge in [-0.05, 0) is 37.5 Å². The van der Waals surface area contributed by atoms with Crippen LogP contribution in [0.2, 0.25) is 5.02 Å². The molecule has 1 rings (SSSR count). The fourth-order valence-electron chi connectivity index (χ4n) is 1.79. The molecular formula is C14H16ClNO4S. The number of sulfonamides is 1. The number of terminal acetylenes is 1. The van der Waals surface area contributed by atoms with E-state index in [0.29, 0.717) is 19.3 Å². The van der Waals surface area contributed by atoms with Crippen molar-refractivity contribution in [3.05, 3.63) is 28.3 Å². The molecule has 0 unspecified atom stereocenters. The van der Waals surface area contributed by atoms with Gasteiger partial charge in [0, 0.05) is 18.0 Å². The Morgan fingerprint density at radius 3 is 2.67 bits per heavy atom. The van der Waals surface area contributed by atoms with Crippen molar-refractivity contribution in [3.63, 3.8) is 0 Å². The first kappa shape index (κ1) is 17.5. The van der Waals surface area contributed by atoms with E-state index in [-0.39, 0.29) is 27.6 Å². The molecule has 0 amide bonds. The third-order valence-corrected chi connectivity index (χ3v) is 4.69. The van der Waals surface area contributed by atoms with Crippen molar-refractivity contribution in [2.24, 2.45) is 0 Å². The van der Waals surface area contributed by atoms with Crippen molar-refractivity contribution < 1.29 is 18.3 Å². The first-order valence-electron chi connectivity index (χ1n) is 6.26. The van der Waals surface area contributed by atoms with Crippen molar-refractivity contribution >= 4 is 27.6 Å². The lowest BCUT2D eigenvalue weighted by atomic mass is 10.1. The van der Waals surface area contributed by atoms with Crippen molar-refractivity contribution in [1.29, 1.82) is 0 Å². The van der Waals surface area contributed by atoms with Crippen LogP contribution in [0.3, 0.4) is 0 Å². The molecule has 0 bridgehead atoms. The molecule has 0 radical (unpaired) electrons. The predicted molar refractivity (Wildman–Crippen MR) is 81.0 cm³/mol. The second-order valence-corrected chi connectivity index (χ2v) is 6.61. The highest BCUT2D eigenvalue weighted by atomic mass is 35.5. The molecule has 0 aliphatic carbocycles.